The van der Waals surface area contributed by atoms with Crippen LogP contribution < -0.4 is 9.64 Å². The standard InChI is InChI=1S/C14H21NO/c1-10-9-14(2,3)15(4)13-8-11(16-5)6-7-12(10)13/h6-8,10H,9H2,1-5H3. The molecule has 0 saturated carbocycles. The molecule has 0 saturated heterocycles. The Kier molecular flexibility index (Phi) is 2.61. The molecule has 1 aromatic rings. The van der Waals surface area contributed by atoms with Crippen LogP contribution in [0.4, 0.5) is 5.69 Å². The zero-order chi connectivity index (χ0) is 11.9. The molecule has 2 nitrogen and oxygen atoms in total. The van der Waals surface area contributed by atoms with Crippen LogP contribution in [-0.2, 0) is 0 Å². The lowest BCUT2D eigenvalue weighted by Gasteiger charge is -2.45. The van der Waals surface area contributed by atoms with E-state index in [1.165, 1.54) is 17.7 Å². The minimum absolute atomic E-state index is 0.221. The van der Waals surface area contributed by atoms with Gasteiger partial charge in [0.15, 0.2) is 0 Å². The Morgan fingerprint density at radius 3 is 2.69 bits per heavy atom. The van der Waals surface area contributed by atoms with Crippen LogP contribution in [0, 0.1) is 0 Å². The van der Waals surface area contributed by atoms with Gasteiger partial charge in [0.05, 0.1) is 7.11 Å². The molecule has 1 aliphatic heterocycles. The molecule has 0 radical (unpaired) electrons. The summed E-state index contributed by atoms with van der Waals surface area (Å²) in [6.07, 6.45) is 1.20. The highest BCUT2D eigenvalue weighted by atomic mass is 16.5. The average molecular weight is 219 g/mol. The molecule has 1 atom stereocenters. The van der Waals surface area contributed by atoms with Gasteiger partial charge in [-0.25, -0.2) is 0 Å². The lowest BCUT2D eigenvalue weighted by atomic mass is 9.80. The van der Waals surface area contributed by atoms with Gasteiger partial charge >= 0.3 is 0 Å². The first-order chi connectivity index (χ1) is 7.45. The van der Waals surface area contributed by atoms with E-state index >= 15 is 0 Å². The third kappa shape index (κ3) is 1.66. The Morgan fingerprint density at radius 2 is 2.06 bits per heavy atom. The molecule has 0 aromatic heterocycles. The maximum absolute atomic E-state index is 5.31. The topological polar surface area (TPSA) is 12.5 Å². The fraction of sp³-hybridized carbons (Fsp3) is 0.571. The molecular weight excluding hydrogens is 198 g/mol. The SMILES string of the molecule is COc1ccc2c(c1)N(C)C(C)(C)CC2C. The zero-order valence-electron chi connectivity index (χ0n) is 10.9. The van der Waals surface area contributed by atoms with Gasteiger partial charge in [-0.15, -0.1) is 0 Å². The summed E-state index contributed by atoms with van der Waals surface area (Å²) < 4.78 is 5.31. The highest BCUT2D eigenvalue weighted by Crippen LogP contribution is 2.43. The van der Waals surface area contributed by atoms with E-state index in [1.807, 2.05) is 0 Å². The van der Waals surface area contributed by atoms with E-state index in [2.05, 4.69) is 50.9 Å². The quantitative estimate of drug-likeness (QED) is 0.717. The van der Waals surface area contributed by atoms with E-state index in [9.17, 15) is 0 Å². The number of fused-ring (bicyclic) bond motifs is 1. The number of hydrogen-bond acceptors (Lipinski definition) is 2. The predicted octanol–water partition coefficient (Wildman–Crippen LogP) is 3.42. The summed E-state index contributed by atoms with van der Waals surface area (Å²) in [5.74, 6) is 1.56. The van der Waals surface area contributed by atoms with Crippen molar-refractivity contribution in [1.82, 2.24) is 0 Å². The van der Waals surface area contributed by atoms with E-state index < -0.39 is 0 Å². The molecule has 0 aliphatic carbocycles. The molecule has 2 heteroatoms. The molecule has 16 heavy (non-hydrogen) atoms. The van der Waals surface area contributed by atoms with Crippen molar-refractivity contribution < 1.29 is 4.74 Å². The van der Waals surface area contributed by atoms with Gasteiger partial charge in [-0.2, -0.15) is 0 Å². The molecular formula is C14H21NO. The number of nitrogens with zero attached hydrogens (tertiary/aromatic N) is 1. The summed E-state index contributed by atoms with van der Waals surface area (Å²) in [7, 11) is 3.89. The Labute approximate surface area is 98.2 Å². The van der Waals surface area contributed by atoms with Crippen molar-refractivity contribution in [2.45, 2.75) is 38.6 Å². The number of ether oxygens (including phenoxy) is 1. The van der Waals surface area contributed by atoms with Crippen LogP contribution in [0.25, 0.3) is 0 Å². The summed E-state index contributed by atoms with van der Waals surface area (Å²) in [5, 5.41) is 0. The maximum Gasteiger partial charge on any atom is 0.120 e. The summed E-state index contributed by atoms with van der Waals surface area (Å²) in [6, 6.07) is 6.40. The molecule has 0 spiro atoms. The minimum atomic E-state index is 0.221. The fourth-order valence-corrected chi connectivity index (χ4v) is 2.68. The molecule has 2 rings (SSSR count). The van der Waals surface area contributed by atoms with E-state index in [0.29, 0.717) is 5.92 Å². The Bertz CT molecular complexity index is 398. The first-order valence-corrected chi connectivity index (χ1v) is 5.87. The van der Waals surface area contributed by atoms with Gasteiger partial charge in [-0.05, 0) is 37.8 Å². The highest BCUT2D eigenvalue weighted by Gasteiger charge is 2.34. The van der Waals surface area contributed by atoms with Gasteiger partial charge < -0.3 is 9.64 Å². The number of rotatable bonds is 1. The van der Waals surface area contributed by atoms with Crippen molar-refractivity contribution in [1.29, 1.82) is 0 Å². The monoisotopic (exact) mass is 219 g/mol. The second kappa shape index (κ2) is 3.69. The second-order valence-electron chi connectivity index (χ2n) is 5.40. The molecule has 0 amide bonds. The van der Waals surface area contributed by atoms with Crippen molar-refractivity contribution in [3.05, 3.63) is 23.8 Å². The largest absolute Gasteiger partial charge is 0.497 e. The minimum Gasteiger partial charge on any atom is -0.497 e. The van der Waals surface area contributed by atoms with Gasteiger partial charge in [0.2, 0.25) is 0 Å². The highest BCUT2D eigenvalue weighted by molar-refractivity contribution is 5.61. The molecule has 1 heterocycles. The van der Waals surface area contributed by atoms with Crippen LogP contribution >= 0.6 is 0 Å². The number of hydrogen-bond donors (Lipinski definition) is 0. The van der Waals surface area contributed by atoms with E-state index in [1.54, 1.807) is 7.11 Å². The van der Waals surface area contributed by atoms with Gasteiger partial charge in [0, 0.05) is 24.3 Å². The van der Waals surface area contributed by atoms with Crippen LogP contribution in [0.3, 0.4) is 0 Å². The summed E-state index contributed by atoms with van der Waals surface area (Å²) in [6.45, 7) is 6.90. The zero-order valence-corrected chi connectivity index (χ0v) is 10.9. The molecule has 1 aromatic carbocycles. The van der Waals surface area contributed by atoms with Gasteiger partial charge in [-0.3, -0.25) is 0 Å². The molecule has 1 unspecified atom stereocenters. The molecule has 88 valence electrons. The maximum atomic E-state index is 5.31. The van der Waals surface area contributed by atoms with Crippen molar-refractivity contribution in [2.24, 2.45) is 0 Å². The van der Waals surface area contributed by atoms with E-state index in [4.69, 9.17) is 4.74 Å². The Balaban J connectivity index is 2.51. The first-order valence-electron chi connectivity index (χ1n) is 5.87. The Morgan fingerprint density at radius 1 is 1.38 bits per heavy atom. The van der Waals surface area contributed by atoms with Crippen LogP contribution in [-0.4, -0.2) is 19.7 Å². The fourth-order valence-electron chi connectivity index (χ4n) is 2.68. The smallest absolute Gasteiger partial charge is 0.120 e. The van der Waals surface area contributed by atoms with Crippen LogP contribution in [0.1, 0.15) is 38.7 Å². The molecule has 0 fully saturated rings. The summed E-state index contributed by atoms with van der Waals surface area (Å²) in [4.78, 5) is 2.37. The normalized spacial score (nSPS) is 22.8. The van der Waals surface area contributed by atoms with Crippen LogP contribution in [0.5, 0.6) is 5.75 Å². The van der Waals surface area contributed by atoms with Crippen molar-refractivity contribution >= 4 is 5.69 Å². The van der Waals surface area contributed by atoms with Crippen molar-refractivity contribution in [3.63, 3.8) is 0 Å². The van der Waals surface area contributed by atoms with Crippen LogP contribution in [0.15, 0.2) is 18.2 Å². The predicted molar refractivity (Wildman–Crippen MR) is 68.5 cm³/mol. The molecule has 1 aliphatic rings. The molecule has 0 bridgehead atoms. The van der Waals surface area contributed by atoms with E-state index in [0.717, 1.165) is 5.75 Å². The first kappa shape index (κ1) is 11.3. The summed E-state index contributed by atoms with van der Waals surface area (Å²) >= 11 is 0. The van der Waals surface area contributed by atoms with Crippen LogP contribution in [0.2, 0.25) is 0 Å². The molecule has 0 N–H and O–H groups in total. The third-order valence-electron chi connectivity index (χ3n) is 3.84. The lowest BCUT2D eigenvalue weighted by Crippen LogP contribution is -2.45. The lowest BCUT2D eigenvalue weighted by molar-refractivity contribution is 0.389. The third-order valence-corrected chi connectivity index (χ3v) is 3.84. The van der Waals surface area contributed by atoms with Gasteiger partial charge in [0.1, 0.15) is 5.75 Å². The van der Waals surface area contributed by atoms with Gasteiger partial charge in [-0.1, -0.05) is 13.0 Å². The summed E-state index contributed by atoms with van der Waals surface area (Å²) in [5.41, 5.74) is 2.96. The Hall–Kier alpha value is -1.18. The number of anilines is 1. The second-order valence-corrected chi connectivity index (χ2v) is 5.40. The average Bonchev–Trinajstić information content (AvgIpc) is 2.25. The number of methoxy groups -OCH3 is 1. The number of benzene rings is 1. The van der Waals surface area contributed by atoms with E-state index in [-0.39, 0.29) is 5.54 Å². The van der Waals surface area contributed by atoms with Crippen molar-refractivity contribution in [3.8, 4) is 5.75 Å². The van der Waals surface area contributed by atoms with Gasteiger partial charge in [0.25, 0.3) is 0 Å². The van der Waals surface area contributed by atoms with Crippen molar-refractivity contribution in [2.75, 3.05) is 19.1 Å².